The number of fused-ring (bicyclic) bond motifs is 1. The van der Waals surface area contributed by atoms with Gasteiger partial charge in [-0.3, -0.25) is 4.79 Å². The standard InChI is InChI=1S/C15H14N2O2/c18-14-12-4-2-1-3-11(12)7-8-13(14)15(19)17-16-9-10-5-6-10/h1-4,7-10,18H,5-6H2,(H,17,19)/b16-9-. The lowest BCUT2D eigenvalue weighted by Gasteiger charge is -2.06. The fourth-order valence-electron chi connectivity index (χ4n) is 1.95. The first-order valence-electron chi connectivity index (χ1n) is 6.30. The molecule has 0 unspecified atom stereocenters. The fraction of sp³-hybridized carbons (Fsp3) is 0.200. The summed E-state index contributed by atoms with van der Waals surface area (Å²) >= 11 is 0. The van der Waals surface area contributed by atoms with E-state index in [4.69, 9.17) is 0 Å². The van der Waals surface area contributed by atoms with Crippen LogP contribution in [-0.4, -0.2) is 17.2 Å². The first-order chi connectivity index (χ1) is 9.25. The molecule has 0 atom stereocenters. The Bertz CT molecular complexity index is 660. The van der Waals surface area contributed by atoms with Crippen LogP contribution in [0.3, 0.4) is 0 Å². The van der Waals surface area contributed by atoms with Crippen LogP contribution in [0.4, 0.5) is 0 Å². The number of rotatable bonds is 3. The summed E-state index contributed by atoms with van der Waals surface area (Å²) in [5, 5.41) is 15.6. The summed E-state index contributed by atoms with van der Waals surface area (Å²) in [6.07, 6.45) is 4.02. The Labute approximate surface area is 110 Å². The molecule has 0 heterocycles. The molecule has 96 valence electrons. The zero-order valence-electron chi connectivity index (χ0n) is 10.3. The van der Waals surface area contributed by atoms with Gasteiger partial charge >= 0.3 is 0 Å². The third-order valence-electron chi connectivity index (χ3n) is 3.22. The lowest BCUT2D eigenvalue weighted by Crippen LogP contribution is -2.17. The first-order valence-corrected chi connectivity index (χ1v) is 6.30. The van der Waals surface area contributed by atoms with Crippen molar-refractivity contribution in [3.05, 3.63) is 42.0 Å². The number of amides is 1. The van der Waals surface area contributed by atoms with Gasteiger partial charge in [0.05, 0.1) is 5.56 Å². The molecular formula is C15H14N2O2. The number of hydrazone groups is 1. The normalized spacial score (nSPS) is 14.9. The minimum Gasteiger partial charge on any atom is -0.506 e. The third kappa shape index (κ3) is 2.42. The van der Waals surface area contributed by atoms with E-state index in [9.17, 15) is 9.90 Å². The summed E-state index contributed by atoms with van der Waals surface area (Å²) in [5.74, 6) is 0.114. The van der Waals surface area contributed by atoms with Gasteiger partial charge < -0.3 is 5.11 Å². The molecule has 0 radical (unpaired) electrons. The zero-order valence-corrected chi connectivity index (χ0v) is 10.3. The molecule has 0 aliphatic heterocycles. The molecule has 0 saturated heterocycles. The van der Waals surface area contributed by atoms with E-state index in [-0.39, 0.29) is 17.2 Å². The van der Waals surface area contributed by atoms with E-state index in [2.05, 4.69) is 10.5 Å². The van der Waals surface area contributed by atoms with Crippen LogP contribution in [0, 0.1) is 5.92 Å². The predicted octanol–water partition coefficient (Wildman–Crippen LogP) is 2.67. The van der Waals surface area contributed by atoms with Gasteiger partial charge in [0.1, 0.15) is 5.75 Å². The molecule has 1 amide bonds. The maximum Gasteiger partial charge on any atom is 0.275 e. The van der Waals surface area contributed by atoms with E-state index >= 15 is 0 Å². The number of aromatic hydroxyl groups is 1. The Morgan fingerprint density at radius 2 is 2.05 bits per heavy atom. The maximum atomic E-state index is 11.9. The van der Waals surface area contributed by atoms with Gasteiger partial charge in [-0.25, -0.2) is 5.43 Å². The topological polar surface area (TPSA) is 61.7 Å². The SMILES string of the molecule is O=C(N/N=C\C1CC1)c1ccc2ccccc2c1O. The molecule has 1 aliphatic rings. The Balaban J connectivity index is 1.86. The van der Waals surface area contributed by atoms with Crippen LogP contribution in [0.5, 0.6) is 5.75 Å². The molecule has 1 saturated carbocycles. The summed E-state index contributed by atoms with van der Waals surface area (Å²) in [7, 11) is 0. The second-order valence-electron chi connectivity index (χ2n) is 4.74. The monoisotopic (exact) mass is 254 g/mol. The van der Waals surface area contributed by atoms with Crippen LogP contribution in [0.1, 0.15) is 23.2 Å². The van der Waals surface area contributed by atoms with Gasteiger partial charge in [0.25, 0.3) is 5.91 Å². The van der Waals surface area contributed by atoms with Gasteiger partial charge in [0, 0.05) is 11.6 Å². The molecule has 2 aromatic carbocycles. The quantitative estimate of drug-likeness (QED) is 0.653. The average molecular weight is 254 g/mol. The number of hydrogen-bond donors (Lipinski definition) is 2. The van der Waals surface area contributed by atoms with E-state index in [0.717, 1.165) is 18.2 Å². The molecule has 1 aliphatic carbocycles. The van der Waals surface area contributed by atoms with Crippen molar-refractivity contribution in [2.75, 3.05) is 0 Å². The number of phenols is 1. The second-order valence-corrected chi connectivity index (χ2v) is 4.74. The first kappa shape index (κ1) is 11.7. The van der Waals surface area contributed by atoms with Gasteiger partial charge in [0.2, 0.25) is 0 Å². The summed E-state index contributed by atoms with van der Waals surface area (Å²) in [6, 6.07) is 10.8. The molecule has 2 N–H and O–H groups in total. The van der Waals surface area contributed by atoms with Gasteiger partial charge in [-0.15, -0.1) is 0 Å². The number of phenolic OH excluding ortho intramolecular Hbond substituents is 1. The lowest BCUT2D eigenvalue weighted by molar-refractivity contribution is 0.0952. The van der Waals surface area contributed by atoms with E-state index < -0.39 is 0 Å². The van der Waals surface area contributed by atoms with Crippen LogP contribution in [-0.2, 0) is 0 Å². The number of hydrogen-bond acceptors (Lipinski definition) is 3. The van der Waals surface area contributed by atoms with Crippen molar-refractivity contribution in [1.29, 1.82) is 0 Å². The maximum absolute atomic E-state index is 11.9. The number of carbonyl (C=O) groups excluding carboxylic acids is 1. The molecule has 0 aromatic heterocycles. The van der Waals surface area contributed by atoms with Gasteiger partial charge in [-0.2, -0.15) is 5.10 Å². The second kappa shape index (κ2) is 4.72. The minimum absolute atomic E-state index is 0.00257. The van der Waals surface area contributed by atoms with Crippen molar-refractivity contribution in [3.8, 4) is 5.75 Å². The lowest BCUT2D eigenvalue weighted by atomic mass is 10.1. The van der Waals surface area contributed by atoms with Crippen molar-refractivity contribution < 1.29 is 9.90 Å². The highest BCUT2D eigenvalue weighted by Gasteiger charge is 2.19. The Kier molecular flexibility index (Phi) is 2.91. The largest absolute Gasteiger partial charge is 0.506 e. The Morgan fingerprint density at radius 1 is 1.26 bits per heavy atom. The van der Waals surface area contributed by atoms with Gasteiger partial charge in [-0.1, -0.05) is 30.3 Å². The van der Waals surface area contributed by atoms with Crippen molar-refractivity contribution in [3.63, 3.8) is 0 Å². The molecule has 3 rings (SSSR count). The number of nitrogens with zero attached hydrogens (tertiary/aromatic N) is 1. The number of nitrogens with one attached hydrogen (secondary N) is 1. The zero-order chi connectivity index (χ0) is 13.2. The Morgan fingerprint density at radius 3 is 2.84 bits per heavy atom. The molecule has 19 heavy (non-hydrogen) atoms. The molecule has 0 spiro atoms. The van der Waals surface area contributed by atoms with E-state index in [0.29, 0.717) is 11.3 Å². The average Bonchev–Trinajstić information content (AvgIpc) is 3.23. The van der Waals surface area contributed by atoms with Crippen LogP contribution in [0.2, 0.25) is 0 Å². The summed E-state index contributed by atoms with van der Waals surface area (Å²) in [6.45, 7) is 0. The van der Waals surface area contributed by atoms with Crippen LogP contribution < -0.4 is 5.43 Å². The van der Waals surface area contributed by atoms with Crippen molar-refractivity contribution in [1.82, 2.24) is 5.43 Å². The van der Waals surface area contributed by atoms with Crippen LogP contribution in [0.25, 0.3) is 10.8 Å². The van der Waals surface area contributed by atoms with E-state index in [1.807, 2.05) is 24.3 Å². The predicted molar refractivity (Wildman–Crippen MR) is 74.3 cm³/mol. The van der Waals surface area contributed by atoms with E-state index in [1.54, 1.807) is 18.3 Å². The highest BCUT2D eigenvalue weighted by molar-refractivity contribution is 6.03. The molecule has 2 aromatic rings. The molecule has 1 fully saturated rings. The Hall–Kier alpha value is -2.36. The third-order valence-corrected chi connectivity index (χ3v) is 3.22. The number of benzene rings is 2. The van der Waals surface area contributed by atoms with Crippen molar-refractivity contribution >= 4 is 22.9 Å². The highest BCUT2D eigenvalue weighted by atomic mass is 16.3. The highest BCUT2D eigenvalue weighted by Crippen LogP contribution is 2.28. The number of carbonyl (C=O) groups is 1. The smallest absolute Gasteiger partial charge is 0.275 e. The minimum atomic E-state index is -0.389. The molecule has 4 heteroatoms. The summed E-state index contributed by atoms with van der Waals surface area (Å²) in [4.78, 5) is 11.9. The molecule has 0 bridgehead atoms. The van der Waals surface area contributed by atoms with Gasteiger partial charge in [0.15, 0.2) is 0 Å². The van der Waals surface area contributed by atoms with Crippen molar-refractivity contribution in [2.24, 2.45) is 11.0 Å². The van der Waals surface area contributed by atoms with E-state index in [1.165, 1.54) is 0 Å². The van der Waals surface area contributed by atoms with Crippen LogP contribution in [0.15, 0.2) is 41.5 Å². The summed E-state index contributed by atoms with van der Waals surface area (Å²) in [5.41, 5.74) is 2.69. The fourth-order valence-corrected chi connectivity index (χ4v) is 1.95. The van der Waals surface area contributed by atoms with Gasteiger partial charge in [-0.05, 0) is 30.2 Å². The summed E-state index contributed by atoms with van der Waals surface area (Å²) < 4.78 is 0. The van der Waals surface area contributed by atoms with Crippen molar-refractivity contribution in [2.45, 2.75) is 12.8 Å². The molecular weight excluding hydrogens is 240 g/mol. The van der Waals surface area contributed by atoms with Crippen LogP contribution >= 0.6 is 0 Å². The molecule has 4 nitrogen and oxygen atoms in total.